The molecular formula is C13H15FN2S. The second kappa shape index (κ2) is 5.89. The van der Waals surface area contributed by atoms with Gasteiger partial charge in [-0.15, -0.1) is 11.3 Å². The lowest BCUT2D eigenvalue weighted by molar-refractivity contribution is 0.614. The van der Waals surface area contributed by atoms with Gasteiger partial charge in [0, 0.05) is 24.0 Å². The van der Waals surface area contributed by atoms with Crippen molar-refractivity contribution in [2.45, 2.75) is 19.9 Å². The van der Waals surface area contributed by atoms with Crippen molar-refractivity contribution in [1.29, 1.82) is 0 Å². The molecule has 4 heteroatoms. The summed E-state index contributed by atoms with van der Waals surface area (Å²) in [6.07, 6.45) is 2.44. The molecule has 1 aromatic carbocycles. The number of hydrogen-bond acceptors (Lipinski definition) is 3. The monoisotopic (exact) mass is 250 g/mol. The molecule has 0 spiro atoms. The van der Waals surface area contributed by atoms with E-state index in [1.165, 1.54) is 10.9 Å². The van der Waals surface area contributed by atoms with E-state index < -0.39 is 0 Å². The molecule has 0 radical (unpaired) electrons. The summed E-state index contributed by atoms with van der Waals surface area (Å²) in [5.74, 6) is -0.157. The fourth-order valence-electron chi connectivity index (χ4n) is 1.56. The summed E-state index contributed by atoms with van der Waals surface area (Å²) in [5, 5.41) is 4.21. The molecule has 1 aromatic heterocycles. The van der Waals surface area contributed by atoms with Crippen LogP contribution >= 0.6 is 11.3 Å². The van der Waals surface area contributed by atoms with Gasteiger partial charge in [0.05, 0.1) is 5.01 Å². The predicted octanol–water partition coefficient (Wildman–Crippen LogP) is 2.98. The lowest BCUT2D eigenvalue weighted by Crippen LogP contribution is -2.10. The van der Waals surface area contributed by atoms with Crippen molar-refractivity contribution in [3.05, 3.63) is 51.7 Å². The van der Waals surface area contributed by atoms with Gasteiger partial charge in [-0.25, -0.2) is 9.37 Å². The Kier molecular flexibility index (Phi) is 4.23. The predicted molar refractivity (Wildman–Crippen MR) is 68.7 cm³/mol. The normalized spacial score (nSPS) is 10.7. The first-order valence-electron chi connectivity index (χ1n) is 5.67. The van der Waals surface area contributed by atoms with Crippen molar-refractivity contribution in [3.8, 4) is 0 Å². The molecule has 0 saturated carbocycles. The van der Waals surface area contributed by atoms with E-state index in [2.05, 4.69) is 17.2 Å². The van der Waals surface area contributed by atoms with E-state index in [-0.39, 0.29) is 5.82 Å². The Hall–Kier alpha value is -1.26. The number of rotatable bonds is 5. The third-order valence-electron chi connectivity index (χ3n) is 2.45. The average Bonchev–Trinajstić information content (AvgIpc) is 2.77. The van der Waals surface area contributed by atoms with E-state index in [9.17, 15) is 4.39 Å². The Labute approximate surface area is 105 Å². The Morgan fingerprint density at radius 1 is 1.35 bits per heavy atom. The zero-order valence-corrected chi connectivity index (χ0v) is 10.6. The summed E-state index contributed by atoms with van der Waals surface area (Å²) in [7, 11) is 0. The molecular weight excluding hydrogens is 235 g/mol. The molecule has 17 heavy (non-hydrogen) atoms. The highest BCUT2D eigenvalue weighted by Crippen LogP contribution is 2.18. The largest absolute Gasteiger partial charge is 0.312 e. The minimum absolute atomic E-state index is 0.157. The number of aromatic nitrogens is 1. The van der Waals surface area contributed by atoms with Crippen LogP contribution in [-0.4, -0.2) is 11.5 Å². The van der Waals surface area contributed by atoms with Crippen molar-refractivity contribution in [1.82, 2.24) is 10.3 Å². The Balaban J connectivity index is 2.04. The summed E-state index contributed by atoms with van der Waals surface area (Å²) >= 11 is 1.64. The summed E-state index contributed by atoms with van der Waals surface area (Å²) in [5.41, 5.74) is 0.705. The molecule has 0 unspecified atom stereocenters. The molecule has 0 aliphatic rings. The van der Waals surface area contributed by atoms with Gasteiger partial charge in [0.2, 0.25) is 0 Å². The molecule has 90 valence electrons. The number of thiazole rings is 1. The first-order valence-corrected chi connectivity index (χ1v) is 6.49. The maximum Gasteiger partial charge on any atom is 0.126 e. The molecule has 1 heterocycles. The van der Waals surface area contributed by atoms with Crippen molar-refractivity contribution in [2.75, 3.05) is 6.54 Å². The summed E-state index contributed by atoms with van der Waals surface area (Å²) in [6.45, 7) is 3.85. The Morgan fingerprint density at radius 2 is 2.18 bits per heavy atom. The molecule has 0 aliphatic heterocycles. The summed E-state index contributed by atoms with van der Waals surface area (Å²) < 4.78 is 13.4. The third-order valence-corrected chi connectivity index (χ3v) is 3.45. The van der Waals surface area contributed by atoms with Crippen LogP contribution in [0.5, 0.6) is 0 Å². The van der Waals surface area contributed by atoms with E-state index >= 15 is 0 Å². The lowest BCUT2D eigenvalue weighted by atomic mass is 10.1. The van der Waals surface area contributed by atoms with Gasteiger partial charge in [-0.05, 0) is 18.2 Å². The van der Waals surface area contributed by atoms with Gasteiger partial charge in [0.1, 0.15) is 5.82 Å². The minimum atomic E-state index is -0.157. The van der Waals surface area contributed by atoms with E-state index in [0.717, 1.165) is 18.1 Å². The van der Waals surface area contributed by atoms with Gasteiger partial charge in [0.25, 0.3) is 0 Å². The second-order valence-electron chi connectivity index (χ2n) is 3.77. The number of hydrogen-bond donors (Lipinski definition) is 1. The van der Waals surface area contributed by atoms with E-state index in [1.807, 2.05) is 12.3 Å². The quantitative estimate of drug-likeness (QED) is 0.882. The van der Waals surface area contributed by atoms with Crippen LogP contribution in [0.15, 0.2) is 30.5 Å². The van der Waals surface area contributed by atoms with Crippen LogP contribution in [0.3, 0.4) is 0 Å². The first kappa shape index (κ1) is 12.2. The SMILES string of the molecule is CCNCc1cnc(Cc2ccccc2F)s1. The summed E-state index contributed by atoms with van der Waals surface area (Å²) in [4.78, 5) is 5.51. The fourth-order valence-corrected chi connectivity index (χ4v) is 2.48. The van der Waals surface area contributed by atoms with Crippen molar-refractivity contribution in [2.24, 2.45) is 0 Å². The topological polar surface area (TPSA) is 24.9 Å². The van der Waals surface area contributed by atoms with E-state index in [4.69, 9.17) is 0 Å². The van der Waals surface area contributed by atoms with Crippen molar-refractivity contribution < 1.29 is 4.39 Å². The van der Waals surface area contributed by atoms with Crippen LogP contribution in [0.1, 0.15) is 22.4 Å². The van der Waals surface area contributed by atoms with Crippen LogP contribution in [0.4, 0.5) is 4.39 Å². The molecule has 2 nitrogen and oxygen atoms in total. The van der Waals surface area contributed by atoms with E-state index in [0.29, 0.717) is 12.0 Å². The van der Waals surface area contributed by atoms with Crippen LogP contribution in [0.2, 0.25) is 0 Å². The van der Waals surface area contributed by atoms with Gasteiger partial charge in [-0.2, -0.15) is 0 Å². The zero-order chi connectivity index (χ0) is 12.1. The highest BCUT2D eigenvalue weighted by atomic mass is 32.1. The lowest BCUT2D eigenvalue weighted by Gasteiger charge is -1.99. The minimum Gasteiger partial charge on any atom is -0.312 e. The standard InChI is InChI=1S/C13H15FN2S/c1-2-15-8-11-9-16-13(17-11)7-10-5-3-4-6-12(10)14/h3-6,9,15H,2,7-8H2,1H3. The molecule has 2 aromatic rings. The molecule has 0 bridgehead atoms. The maximum atomic E-state index is 13.4. The highest BCUT2D eigenvalue weighted by molar-refractivity contribution is 7.11. The molecule has 1 N–H and O–H groups in total. The highest BCUT2D eigenvalue weighted by Gasteiger charge is 2.06. The maximum absolute atomic E-state index is 13.4. The van der Waals surface area contributed by atoms with Gasteiger partial charge in [-0.1, -0.05) is 25.1 Å². The molecule has 0 fully saturated rings. The van der Waals surface area contributed by atoms with Gasteiger partial charge >= 0.3 is 0 Å². The number of halogens is 1. The van der Waals surface area contributed by atoms with Crippen molar-refractivity contribution >= 4 is 11.3 Å². The van der Waals surface area contributed by atoms with Gasteiger partial charge < -0.3 is 5.32 Å². The van der Waals surface area contributed by atoms with Gasteiger partial charge in [0.15, 0.2) is 0 Å². The van der Waals surface area contributed by atoms with Crippen LogP contribution < -0.4 is 5.32 Å². The average molecular weight is 250 g/mol. The molecule has 2 rings (SSSR count). The van der Waals surface area contributed by atoms with Gasteiger partial charge in [-0.3, -0.25) is 0 Å². The Morgan fingerprint density at radius 3 is 2.94 bits per heavy atom. The fraction of sp³-hybridized carbons (Fsp3) is 0.308. The Bertz CT molecular complexity index is 482. The first-order chi connectivity index (χ1) is 8.29. The number of nitrogens with zero attached hydrogens (tertiary/aromatic N) is 1. The van der Waals surface area contributed by atoms with E-state index in [1.54, 1.807) is 23.5 Å². The van der Waals surface area contributed by atoms with Crippen molar-refractivity contribution in [3.63, 3.8) is 0 Å². The van der Waals surface area contributed by atoms with Crippen LogP contribution in [0.25, 0.3) is 0 Å². The molecule has 0 saturated heterocycles. The summed E-state index contributed by atoms with van der Waals surface area (Å²) in [6, 6.07) is 6.85. The molecule has 0 amide bonds. The third kappa shape index (κ3) is 3.35. The molecule has 0 aliphatic carbocycles. The van der Waals surface area contributed by atoms with Crippen LogP contribution in [0, 0.1) is 5.82 Å². The zero-order valence-electron chi connectivity index (χ0n) is 9.74. The second-order valence-corrected chi connectivity index (χ2v) is 4.97. The smallest absolute Gasteiger partial charge is 0.126 e. The van der Waals surface area contributed by atoms with Crippen LogP contribution in [-0.2, 0) is 13.0 Å². The number of benzene rings is 1. The molecule has 0 atom stereocenters. The number of nitrogens with one attached hydrogen (secondary N) is 1.